The molecule has 0 aromatic heterocycles. The molecule has 0 fully saturated rings. The van der Waals surface area contributed by atoms with Crippen molar-refractivity contribution in [3.05, 3.63) is 74.5 Å². The van der Waals surface area contributed by atoms with Gasteiger partial charge in [-0.2, -0.15) is 5.10 Å². The van der Waals surface area contributed by atoms with Gasteiger partial charge >= 0.3 is 5.97 Å². The van der Waals surface area contributed by atoms with E-state index in [0.29, 0.717) is 27.7 Å². The summed E-state index contributed by atoms with van der Waals surface area (Å²) in [6, 6.07) is 14.2. The quantitative estimate of drug-likeness (QED) is 0.146. The standard InChI is InChI=1S/C23H23IN4O4S/c1-3-31-22(30)20-14(2)26-23(33)27-21(20)17-9-4-5-10-18(17)32-13-19(29)28-25-12-15-7-6-8-16(24)11-15/h4-12,21H,3,13H2,1-2H3,(H,28,29)(H2,26,27,33)/t21-/m1/s1. The molecule has 1 aliphatic rings. The molecule has 0 saturated carbocycles. The molecule has 3 rings (SSSR count). The van der Waals surface area contributed by atoms with E-state index in [1.807, 2.05) is 30.3 Å². The van der Waals surface area contributed by atoms with Gasteiger partial charge in [-0.1, -0.05) is 30.3 Å². The van der Waals surface area contributed by atoms with Crippen molar-refractivity contribution in [3.8, 4) is 5.75 Å². The molecule has 1 amide bonds. The second kappa shape index (κ2) is 11.8. The number of carbonyl (C=O) groups excluding carboxylic acids is 2. The Balaban J connectivity index is 1.72. The highest BCUT2D eigenvalue weighted by Gasteiger charge is 2.32. The summed E-state index contributed by atoms with van der Waals surface area (Å²) in [5.41, 5.74) is 4.97. The van der Waals surface area contributed by atoms with E-state index < -0.39 is 17.9 Å². The molecule has 0 spiro atoms. The Morgan fingerprint density at radius 3 is 2.79 bits per heavy atom. The average Bonchev–Trinajstić information content (AvgIpc) is 2.77. The fourth-order valence-corrected chi connectivity index (χ4v) is 4.04. The van der Waals surface area contributed by atoms with E-state index >= 15 is 0 Å². The van der Waals surface area contributed by atoms with Crippen molar-refractivity contribution in [2.45, 2.75) is 19.9 Å². The number of esters is 1. The lowest BCUT2D eigenvalue weighted by molar-refractivity contribution is -0.139. The molecule has 33 heavy (non-hydrogen) atoms. The summed E-state index contributed by atoms with van der Waals surface area (Å²) in [4.78, 5) is 24.8. The highest BCUT2D eigenvalue weighted by molar-refractivity contribution is 14.1. The zero-order valence-electron chi connectivity index (χ0n) is 18.1. The van der Waals surface area contributed by atoms with E-state index in [2.05, 4.69) is 43.8 Å². The maximum absolute atomic E-state index is 12.6. The van der Waals surface area contributed by atoms with E-state index in [-0.39, 0.29) is 13.2 Å². The predicted molar refractivity (Wildman–Crippen MR) is 138 cm³/mol. The molecule has 3 N–H and O–H groups in total. The highest BCUT2D eigenvalue weighted by atomic mass is 127. The smallest absolute Gasteiger partial charge is 0.338 e. The molecular weight excluding hydrogens is 555 g/mol. The SMILES string of the molecule is CCOC(=O)C1=C(C)NC(=S)N[C@@H]1c1ccccc1OCC(=O)NN=Cc1cccc(I)c1. The van der Waals surface area contributed by atoms with Crippen LogP contribution in [0.4, 0.5) is 0 Å². The summed E-state index contributed by atoms with van der Waals surface area (Å²) >= 11 is 7.49. The molecule has 1 heterocycles. The lowest BCUT2D eigenvalue weighted by Gasteiger charge is -2.30. The number of amides is 1. The van der Waals surface area contributed by atoms with Crippen LogP contribution in [0.2, 0.25) is 0 Å². The number of halogens is 1. The molecule has 0 aliphatic carbocycles. The van der Waals surface area contributed by atoms with Crippen molar-refractivity contribution in [2.24, 2.45) is 5.10 Å². The molecule has 0 unspecified atom stereocenters. The third kappa shape index (κ3) is 6.75. The van der Waals surface area contributed by atoms with Crippen LogP contribution in [0.25, 0.3) is 0 Å². The molecule has 2 aromatic rings. The zero-order valence-corrected chi connectivity index (χ0v) is 21.0. The van der Waals surface area contributed by atoms with Gasteiger partial charge in [0.15, 0.2) is 11.7 Å². The minimum absolute atomic E-state index is 0.244. The minimum atomic E-state index is -0.587. The normalized spacial score (nSPS) is 15.6. The van der Waals surface area contributed by atoms with Crippen LogP contribution >= 0.6 is 34.8 Å². The maximum atomic E-state index is 12.6. The third-order valence-corrected chi connectivity index (χ3v) is 5.50. The Labute approximate surface area is 210 Å². The number of para-hydroxylation sites is 1. The summed E-state index contributed by atoms with van der Waals surface area (Å²) in [5.74, 6) is -0.441. The number of ether oxygens (including phenoxy) is 2. The van der Waals surface area contributed by atoms with Crippen LogP contribution in [0.15, 0.2) is 64.9 Å². The van der Waals surface area contributed by atoms with Gasteiger partial charge in [0, 0.05) is 14.8 Å². The first-order valence-corrected chi connectivity index (χ1v) is 11.6. The van der Waals surface area contributed by atoms with Crippen LogP contribution in [-0.4, -0.2) is 36.4 Å². The van der Waals surface area contributed by atoms with Crippen molar-refractivity contribution >= 4 is 58.0 Å². The lowest BCUT2D eigenvalue weighted by Crippen LogP contribution is -2.45. The Morgan fingerprint density at radius 1 is 1.24 bits per heavy atom. The fourth-order valence-electron chi connectivity index (χ4n) is 3.20. The number of nitrogens with zero attached hydrogens (tertiary/aromatic N) is 1. The first kappa shape index (κ1) is 24.6. The topological polar surface area (TPSA) is 101 Å². The van der Waals surface area contributed by atoms with Crippen LogP contribution in [0.5, 0.6) is 5.75 Å². The van der Waals surface area contributed by atoms with Gasteiger partial charge < -0.3 is 20.1 Å². The molecule has 0 radical (unpaired) electrons. The predicted octanol–water partition coefficient (Wildman–Crippen LogP) is 3.18. The van der Waals surface area contributed by atoms with Crippen molar-refractivity contribution in [2.75, 3.05) is 13.2 Å². The highest BCUT2D eigenvalue weighted by Crippen LogP contribution is 2.33. The second-order valence-corrected chi connectivity index (χ2v) is 8.62. The number of hydrogen-bond acceptors (Lipinski definition) is 6. The largest absolute Gasteiger partial charge is 0.483 e. The van der Waals surface area contributed by atoms with Gasteiger partial charge in [0.1, 0.15) is 5.75 Å². The first-order valence-electron chi connectivity index (χ1n) is 10.1. The minimum Gasteiger partial charge on any atom is -0.483 e. The number of hydrazone groups is 1. The van der Waals surface area contributed by atoms with Crippen LogP contribution in [0, 0.1) is 3.57 Å². The number of carbonyl (C=O) groups is 2. The number of hydrogen-bond donors (Lipinski definition) is 3. The number of benzene rings is 2. The van der Waals surface area contributed by atoms with E-state index in [0.717, 1.165) is 9.13 Å². The summed E-state index contributed by atoms with van der Waals surface area (Å²) in [6.45, 7) is 3.49. The second-order valence-electron chi connectivity index (χ2n) is 6.97. The van der Waals surface area contributed by atoms with E-state index in [4.69, 9.17) is 21.7 Å². The van der Waals surface area contributed by atoms with Crippen molar-refractivity contribution < 1.29 is 19.1 Å². The molecule has 10 heteroatoms. The molecule has 0 bridgehead atoms. The number of thiocarbonyl (C=S) groups is 1. The first-order chi connectivity index (χ1) is 15.9. The number of allylic oxidation sites excluding steroid dienone is 1. The van der Waals surface area contributed by atoms with Gasteiger partial charge in [0.2, 0.25) is 0 Å². The van der Waals surface area contributed by atoms with Crippen LogP contribution in [0.3, 0.4) is 0 Å². The Morgan fingerprint density at radius 2 is 2.03 bits per heavy atom. The third-order valence-electron chi connectivity index (χ3n) is 4.60. The molecule has 1 atom stereocenters. The Kier molecular flexibility index (Phi) is 8.78. The van der Waals surface area contributed by atoms with E-state index in [9.17, 15) is 9.59 Å². The Hall–Kier alpha value is -2.99. The van der Waals surface area contributed by atoms with Crippen molar-refractivity contribution in [3.63, 3.8) is 0 Å². The Bertz CT molecular complexity index is 1120. The van der Waals surface area contributed by atoms with E-state index in [1.54, 1.807) is 38.3 Å². The fraction of sp³-hybridized carbons (Fsp3) is 0.217. The molecule has 1 aliphatic heterocycles. The van der Waals surface area contributed by atoms with Gasteiger partial charge in [-0.05, 0) is 72.4 Å². The van der Waals surface area contributed by atoms with Gasteiger partial charge in [0.25, 0.3) is 5.91 Å². The van der Waals surface area contributed by atoms with Crippen LogP contribution in [0.1, 0.15) is 31.0 Å². The molecule has 2 aromatic carbocycles. The van der Waals surface area contributed by atoms with Gasteiger partial charge in [0.05, 0.1) is 24.4 Å². The number of nitrogens with one attached hydrogen (secondary N) is 3. The molecule has 172 valence electrons. The molecule has 0 saturated heterocycles. The van der Waals surface area contributed by atoms with Gasteiger partial charge in [-0.3, -0.25) is 4.79 Å². The molecule has 8 nitrogen and oxygen atoms in total. The van der Waals surface area contributed by atoms with Crippen molar-refractivity contribution in [1.82, 2.24) is 16.1 Å². The summed E-state index contributed by atoms with van der Waals surface area (Å²) in [6.07, 6.45) is 1.56. The zero-order chi connectivity index (χ0) is 23.8. The summed E-state index contributed by atoms with van der Waals surface area (Å²) in [5, 5.41) is 10.4. The molecular formula is C23H23IN4O4S. The van der Waals surface area contributed by atoms with Gasteiger partial charge in [-0.25, -0.2) is 10.2 Å². The van der Waals surface area contributed by atoms with Crippen LogP contribution in [-0.2, 0) is 14.3 Å². The summed E-state index contributed by atoms with van der Waals surface area (Å²) in [7, 11) is 0. The van der Waals surface area contributed by atoms with E-state index in [1.165, 1.54) is 0 Å². The number of rotatable bonds is 8. The lowest BCUT2D eigenvalue weighted by atomic mass is 9.95. The summed E-state index contributed by atoms with van der Waals surface area (Å²) < 4.78 is 12.1. The van der Waals surface area contributed by atoms with Gasteiger partial charge in [-0.15, -0.1) is 0 Å². The monoisotopic (exact) mass is 578 g/mol. The average molecular weight is 578 g/mol. The van der Waals surface area contributed by atoms with Crippen LogP contribution < -0.4 is 20.8 Å². The maximum Gasteiger partial charge on any atom is 0.338 e. The van der Waals surface area contributed by atoms with Crippen molar-refractivity contribution in [1.29, 1.82) is 0 Å².